The molecule has 0 atom stereocenters. The molecular weight excluding hydrogens is 283 g/mol. The van der Waals surface area contributed by atoms with Crippen LogP contribution in [0.1, 0.15) is 37.8 Å². The van der Waals surface area contributed by atoms with Crippen molar-refractivity contribution in [2.75, 3.05) is 0 Å². The Morgan fingerprint density at radius 3 is 2.53 bits per heavy atom. The first-order valence-corrected chi connectivity index (χ1v) is 6.17. The summed E-state index contributed by atoms with van der Waals surface area (Å²) in [5, 5.41) is 4.04. The molecule has 1 aromatic carbocycles. The minimum atomic E-state index is 0. The van der Waals surface area contributed by atoms with Crippen LogP contribution in [0.15, 0.2) is 16.7 Å². The van der Waals surface area contributed by atoms with Gasteiger partial charge in [-0.2, -0.15) is 0 Å². The van der Waals surface area contributed by atoms with Gasteiger partial charge in [-0.1, -0.05) is 34.6 Å². The minimum Gasteiger partial charge on any atom is -0.350 e. The zero-order valence-electron chi connectivity index (χ0n) is 12.0. The number of hydrogen-bond acceptors (Lipinski definition) is 3. The molecule has 0 aliphatic heterocycles. The van der Waals surface area contributed by atoms with E-state index in [2.05, 4.69) is 50.0 Å². The van der Waals surface area contributed by atoms with Crippen LogP contribution in [0.3, 0.4) is 0 Å². The molecule has 2 rings (SSSR count). The van der Waals surface area contributed by atoms with Gasteiger partial charge in [-0.15, -0.1) is 40.0 Å². The van der Waals surface area contributed by atoms with Gasteiger partial charge in [0.25, 0.3) is 0 Å². The summed E-state index contributed by atoms with van der Waals surface area (Å²) in [7, 11) is 0. The molecule has 0 saturated carbocycles. The Balaban J connectivity index is 0.00000180. The summed E-state index contributed by atoms with van der Waals surface area (Å²) >= 11 is 0. The van der Waals surface area contributed by atoms with Crippen LogP contribution in [-0.4, -0.2) is 10.1 Å². The molecule has 0 fully saturated rings. The molecule has 0 N–H and O–H groups in total. The maximum Gasteiger partial charge on any atom is 0.217 e. The van der Waals surface area contributed by atoms with Gasteiger partial charge in [0, 0.05) is 22.9 Å². The Morgan fingerprint density at radius 2 is 1.95 bits per heavy atom. The van der Waals surface area contributed by atoms with Crippen molar-refractivity contribution in [3.63, 3.8) is 0 Å². The normalized spacial score (nSPS) is 11.2. The summed E-state index contributed by atoms with van der Waals surface area (Å²) in [6.07, 6.45) is 0.783. The fourth-order valence-electron chi connectivity index (χ4n) is 1.88. The molecule has 1 heterocycles. The molecule has 0 radical (unpaired) electrons. The number of aryl methyl sites for hydroxylation is 2. The van der Waals surface area contributed by atoms with Crippen LogP contribution >= 0.6 is 0 Å². The summed E-state index contributed by atoms with van der Waals surface area (Å²) in [5.41, 5.74) is 3.38. The first kappa shape index (κ1) is 15.9. The maximum atomic E-state index is 5.30. The van der Waals surface area contributed by atoms with Gasteiger partial charge in [0.05, 0.1) is 0 Å². The molecule has 0 unspecified atom stereocenters. The number of nitrogens with zero attached hydrogens (tertiary/aromatic N) is 2. The second-order valence-electron chi connectivity index (χ2n) is 5.98. The predicted octanol–water partition coefficient (Wildman–Crippen LogP) is 3.74. The average molecular weight is 302 g/mol. The maximum absolute atomic E-state index is 5.30. The summed E-state index contributed by atoms with van der Waals surface area (Å²) < 4.78 is 5.30. The van der Waals surface area contributed by atoms with Gasteiger partial charge in [-0.05, 0) is 5.41 Å². The van der Waals surface area contributed by atoms with E-state index in [0.717, 1.165) is 17.5 Å². The van der Waals surface area contributed by atoms with E-state index in [1.165, 1.54) is 5.56 Å². The van der Waals surface area contributed by atoms with Crippen molar-refractivity contribution in [3.8, 4) is 11.4 Å². The molecule has 3 nitrogen and oxygen atoms in total. The van der Waals surface area contributed by atoms with Crippen LogP contribution < -0.4 is 0 Å². The second kappa shape index (κ2) is 5.87. The fraction of sp³-hybridized carbons (Fsp3) is 0.467. The number of aromatic nitrogens is 2. The van der Waals surface area contributed by atoms with Crippen molar-refractivity contribution in [1.82, 2.24) is 10.1 Å². The van der Waals surface area contributed by atoms with Gasteiger partial charge in [0.15, 0.2) is 0 Å². The molecule has 0 bridgehead atoms. The minimum absolute atomic E-state index is 0. The smallest absolute Gasteiger partial charge is 0.217 e. The average Bonchev–Trinajstić information content (AvgIpc) is 2.63. The first-order chi connectivity index (χ1) is 8.35. The monoisotopic (exact) mass is 301 g/mol. The third-order valence-corrected chi connectivity index (χ3v) is 2.66. The third-order valence-electron chi connectivity index (χ3n) is 2.66. The molecule has 0 amide bonds. The summed E-state index contributed by atoms with van der Waals surface area (Å²) in [5.74, 6) is 1.32. The van der Waals surface area contributed by atoms with Crippen molar-refractivity contribution in [3.05, 3.63) is 35.2 Å². The topological polar surface area (TPSA) is 38.9 Å². The molecule has 0 saturated heterocycles. The van der Waals surface area contributed by atoms with Gasteiger partial charge in [-0.3, -0.25) is 0 Å². The van der Waals surface area contributed by atoms with E-state index in [4.69, 9.17) is 4.52 Å². The van der Waals surface area contributed by atoms with E-state index in [1.807, 2.05) is 13.0 Å². The second-order valence-corrected chi connectivity index (χ2v) is 5.98. The van der Waals surface area contributed by atoms with Crippen LogP contribution in [-0.2, 0) is 22.9 Å². The van der Waals surface area contributed by atoms with Crippen LogP contribution in [0.25, 0.3) is 11.4 Å². The van der Waals surface area contributed by atoms with Crippen molar-refractivity contribution < 1.29 is 21.0 Å². The van der Waals surface area contributed by atoms with Crippen LogP contribution in [0.4, 0.5) is 0 Å². The van der Waals surface area contributed by atoms with Gasteiger partial charge in [0.1, 0.15) is 5.82 Å². The molecule has 4 heteroatoms. The predicted molar refractivity (Wildman–Crippen MR) is 71.2 cm³/mol. The van der Waals surface area contributed by atoms with Crippen LogP contribution in [0.2, 0.25) is 0 Å². The van der Waals surface area contributed by atoms with Crippen LogP contribution in [0, 0.1) is 25.3 Å². The van der Waals surface area contributed by atoms with E-state index < -0.39 is 0 Å². The summed E-state index contributed by atoms with van der Waals surface area (Å²) in [6, 6.07) is 7.26. The van der Waals surface area contributed by atoms with Gasteiger partial charge in [0.2, 0.25) is 5.89 Å². The van der Waals surface area contributed by atoms with Gasteiger partial charge < -0.3 is 4.52 Å². The zero-order chi connectivity index (χ0) is 13.3. The molecular formula is C15H19N2NiO-. The Bertz CT molecular complexity index is 556. The van der Waals surface area contributed by atoms with Gasteiger partial charge >= 0.3 is 0 Å². The van der Waals surface area contributed by atoms with Crippen molar-refractivity contribution >= 4 is 0 Å². The fourth-order valence-corrected chi connectivity index (χ4v) is 1.88. The number of benzene rings is 1. The van der Waals surface area contributed by atoms with E-state index in [0.29, 0.717) is 11.7 Å². The largest absolute Gasteiger partial charge is 0.350 e. The SMILES string of the molecule is Cc1c[c-]c(-c2noc(CC(C)(C)C)n2)c(C)c1.[Ni]. The standard InChI is InChI=1S/C15H19N2O.Ni/c1-10-6-7-12(11(2)8-10)14-16-13(18-17-14)9-15(3,4)5;/h6,8H,9H2,1-5H3;/q-1;. The Kier molecular flexibility index (Phi) is 4.92. The molecule has 106 valence electrons. The van der Waals surface area contributed by atoms with Crippen LogP contribution in [0.5, 0.6) is 0 Å². The quantitative estimate of drug-likeness (QED) is 0.626. The Hall–Kier alpha value is -1.15. The molecule has 19 heavy (non-hydrogen) atoms. The van der Waals surface area contributed by atoms with Crippen molar-refractivity contribution in [2.45, 2.75) is 41.0 Å². The molecule has 0 aliphatic rings. The third kappa shape index (κ3) is 4.17. The van der Waals surface area contributed by atoms with E-state index in [-0.39, 0.29) is 21.9 Å². The Labute approximate surface area is 124 Å². The number of rotatable bonds is 2. The zero-order valence-corrected chi connectivity index (χ0v) is 13.0. The van der Waals surface area contributed by atoms with E-state index in [9.17, 15) is 0 Å². The van der Waals surface area contributed by atoms with E-state index >= 15 is 0 Å². The molecule has 0 aliphatic carbocycles. The summed E-state index contributed by atoms with van der Waals surface area (Å²) in [6.45, 7) is 10.5. The Morgan fingerprint density at radius 1 is 1.26 bits per heavy atom. The summed E-state index contributed by atoms with van der Waals surface area (Å²) in [4.78, 5) is 4.45. The molecule has 0 spiro atoms. The first-order valence-electron chi connectivity index (χ1n) is 6.17. The van der Waals surface area contributed by atoms with Crippen molar-refractivity contribution in [2.24, 2.45) is 5.41 Å². The van der Waals surface area contributed by atoms with Crippen molar-refractivity contribution in [1.29, 1.82) is 0 Å². The molecule has 2 aromatic rings. The van der Waals surface area contributed by atoms with E-state index in [1.54, 1.807) is 0 Å². The number of hydrogen-bond donors (Lipinski definition) is 0. The molecule has 1 aromatic heterocycles. The van der Waals surface area contributed by atoms with Gasteiger partial charge in [-0.25, -0.2) is 4.98 Å².